The van der Waals surface area contributed by atoms with Crippen molar-refractivity contribution in [2.24, 2.45) is 0 Å². The van der Waals surface area contributed by atoms with Crippen LogP contribution in [0.25, 0.3) is 0 Å². The van der Waals surface area contributed by atoms with Crippen LogP contribution in [0.4, 0.5) is 0 Å². The molecule has 1 atom stereocenters. The van der Waals surface area contributed by atoms with Crippen molar-refractivity contribution >= 4 is 8.80 Å². The van der Waals surface area contributed by atoms with Crippen molar-refractivity contribution in [3.05, 3.63) is 0 Å². The summed E-state index contributed by atoms with van der Waals surface area (Å²) in [6, 6.07) is 0. The standard InChI is InChI=1S/C13H31NO3Si/c1-7-11-12-13(14(5)6)18(15-8-2,16-9-3)17-10-4/h13H,7-12H2,1-6H3. The van der Waals surface area contributed by atoms with Crippen LogP contribution in [-0.4, -0.2) is 53.3 Å². The summed E-state index contributed by atoms with van der Waals surface area (Å²) in [6.07, 6.45) is 3.42. The van der Waals surface area contributed by atoms with Gasteiger partial charge in [0.05, 0.1) is 5.67 Å². The minimum absolute atomic E-state index is 0.247. The molecule has 0 aliphatic carbocycles. The molecule has 0 aromatic rings. The van der Waals surface area contributed by atoms with Crippen molar-refractivity contribution in [1.29, 1.82) is 0 Å². The molecule has 0 rings (SSSR count). The van der Waals surface area contributed by atoms with E-state index in [1.807, 2.05) is 20.8 Å². The van der Waals surface area contributed by atoms with E-state index in [0.717, 1.165) is 6.42 Å². The third-order valence-corrected chi connectivity index (χ3v) is 6.59. The molecular weight excluding hydrogens is 246 g/mol. The summed E-state index contributed by atoms with van der Waals surface area (Å²) in [7, 11) is 1.57. The lowest BCUT2D eigenvalue weighted by atomic mass is 10.2. The summed E-state index contributed by atoms with van der Waals surface area (Å²) >= 11 is 0. The van der Waals surface area contributed by atoms with Crippen molar-refractivity contribution < 1.29 is 13.3 Å². The van der Waals surface area contributed by atoms with Gasteiger partial charge in [0.15, 0.2) is 0 Å². The summed E-state index contributed by atoms with van der Waals surface area (Å²) in [6.45, 7) is 10.1. The van der Waals surface area contributed by atoms with E-state index in [4.69, 9.17) is 13.3 Å². The molecule has 0 aliphatic rings. The van der Waals surface area contributed by atoms with E-state index in [1.54, 1.807) is 0 Å². The largest absolute Gasteiger partial charge is 0.519 e. The molecule has 110 valence electrons. The van der Waals surface area contributed by atoms with E-state index in [1.165, 1.54) is 12.8 Å². The number of hydrogen-bond donors (Lipinski definition) is 0. The normalized spacial score (nSPS) is 14.2. The Morgan fingerprint density at radius 2 is 1.33 bits per heavy atom. The Morgan fingerprint density at radius 1 is 0.889 bits per heavy atom. The molecular formula is C13H31NO3Si. The maximum Gasteiger partial charge on any atom is 0.519 e. The maximum atomic E-state index is 5.98. The summed E-state index contributed by atoms with van der Waals surface area (Å²) < 4.78 is 18.0. The third kappa shape index (κ3) is 5.36. The van der Waals surface area contributed by atoms with Crippen molar-refractivity contribution in [1.82, 2.24) is 4.90 Å². The molecule has 5 heteroatoms. The van der Waals surface area contributed by atoms with E-state index in [-0.39, 0.29) is 5.67 Å². The molecule has 0 aromatic carbocycles. The predicted molar refractivity (Wildman–Crippen MR) is 77.6 cm³/mol. The topological polar surface area (TPSA) is 30.9 Å². The van der Waals surface area contributed by atoms with E-state index in [9.17, 15) is 0 Å². The summed E-state index contributed by atoms with van der Waals surface area (Å²) in [5, 5.41) is 0. The van der Waals surface area contributed by atoms with Crippen molar-refractivity contribution in [3.8, 4) is 0 Å². The molecule has 18 heavy (non-hydrogen) atoms. The minimum Gasteiger partial charge on any atom is -0.373 e. The van der Waals surface area contributed by atoms with Gasteiger partial charge in [-0.2, -0.15) is 0 Å². The molecule has 0 bridgehead atoms. The van der Waals surface area contributed by atoms with Crippen molar-refractivity contribution in [2.75, 3.05) is 33.9 Å². The van der Waals surface area contributed by atoms with Crippen LogP contribution in [0, 0.1) is 0 Å². The summed E-state index contributed by atoms with van der Waals surface area (Å²) in [5.41, 5.74) is 0.247. The molecule has 0 aliphatic heterocycles. The second-order valence-electron chi connectivity index (χ2n) is 4.52. The van der Waals surface area contributed by atoms with Gasteiger partial charge in [0.25, 0.3) is 0 Å². The monoisotopic (exact) mass is 277 g/mol. The molecule has 0 aromatic heterocycles. The first-order valence-electron chi connectivity index (χ1n) is 7.16. The van der Waals surface area contributed by atoms with Crippen LogP contribution < -0.4 is 0 Å². The SMILES string of the molecule is CCCCC(N(C)C)[Si](OCC)(OCC)OCC. The zero-order valence-corrected chi connectivity index (χ0v) is 14.0. The molecule has 0 heterocycles. The van der Waals surface area contributed by atoms with Gasteiger partial charge in [-0.1, -0.05) is 19.8 Å². The smallest absolute Gasteiger partial charge is 0.373 e. The van der Waals surface area contributed by atoms with Gasteiger partial charge in [-0.3, -0.25) is 0 Å². The Hall–Kier alpha value is 0.0569. The molecule has 0 N–H and O–H groups in total. The Labute approximate surface area is 114 Å². The number of rotatable bonds is 11. The average molecular weight is 277 g/mol. The van der Waals surface area contributed by atoms with Gasteiger partial charge in [-0.25, -0.2) is 0 Å². The fourth-order valence-electron chi connectivity index (χ4n) is 2.17. The van der Waals surface area contributed by atoms with Crippen LogP contribution in [0.2, 0.25) is 0 Å². The Bertz CT molecular complexity index is 186. The second-order valence-corrected chi connectivity index (χ2v) is 7.26. The first-order chi connectivity index (χ1) is 8.57. The lowest BCUT2D eigenvalue weighted by Crippen LogP contribution is -2.61. The molecule has 0 radical (unpaired) electrons. The molecule has 0 fully saturated rings. The van der Waals surface area contributed by atoms with Crippen molar-refractivity contribution in [2.45, 2.75) is 52.6 Å². The van der Waals surface area contributed by atoms with E-state index in [0.29, 0.717) is 19.8 Å². The van der Waals surface area contributed by atoms with Gasteiger partial charge in [-0.05, 0) is 41.3 Å². The Morgan fingerprint density at radius 3 is 1.61 bits per heavy atom. The van der Waals surface area contributed by atoms with Crippen LogP contribution in [-0.2, 0) is 13.3 Å². The maximum absolute atomic E-state index is 5.98. The minimum atomic E-state index is -2.60. The zero-order valence-electron chi connectivity index (χ0n) is 13.0. The molecule has 0 spiro atoms. The highest BCUT2D eigenvalue weighted by molar-refractivity contribution is 6.62. The van der Waals surface area contributed by atoms with Crippen molar-refractivity contribution in [3.63, 3.8) is 0 Å². The Balaban J connectivity index is 5.01. The first kappa shape index (κ1) is 18.1. The summed E-state index contributed by atoms with van der Waals surface area (Å²) in [4.78, 5) is 2.20. The second kappa shape index (κ2) is 9.92. The highest BCUT2D eigenvalue weighted by atomic mass is 28.4. The van der Waals surface area contributed by atoms with Gasteiger partial charge < -0.3 is 18.2 Å². The fraction of sp³-hybridized carbons (Fsp3) is 1.00. The average Bonchev–Trinajstić information content (AvgIpc) is 2.30. The predicted octanol–water partition coefficient (Wildman–Crippen LogP) is 2.69. The van der Waals surface area contributed by atoms with Gasteiger partial charge >= 0.3 is 8.80 Å². The molecule has 0 saturated carbocycles. The van der Waals surface area contributed by atoms with Gasteiger partial charge in [-0.15, -0.1) is 0 Å². The number of unbranched alkanes of at least 4 members (excludes halogenated alkanes) is 1. The van der Waals surface area contributed by atoms with Gasteiger partial charge in [0.1, 0.15) is 0 Å². The summed E-state index contributed by atoms with van der Waals surface area (Å²) in [5.74, 6) is 0. The van der Waals surface area contributed by atoms with E-state index in [2.05, 4.69) is 25.9 Å². The van der Waals surface area contributed by atoms with Crippen LogP contribution in [0.1, 0.15) is 47.0 Å². The highest BCUT2D eigenvalue weighted by Crippen LogP contribution is 2.23. The quantitative estimate of drug-likeness (QED) is 0.543. The highest BCUT2D eigenvalue weighted by Gasteiger charge is 2.50. The Kier molecular flexibility index (Phi) is 9.95. The van der Waals surface area contributed by atoms with Crippen LogP contribution in [0.15, 0.2) is 0 Å². The van der Waals surface area contributed by atoms with Crippen LogP contribution in [0.3, 0.4) is 0 Å². The van der Waals surface area contributed by atoms with E-state index >= 15 is 0 Å². The fourth-order valence-corrected chi connectivity index (χ4v) is 5.39. The van der Waals surface area contributed by atoms with Gasteiger partial charge in [0, 0.05) is 19.8 Å². The van der Waals surface area contributed by atoms with Crippen LogP contribution in [0.5, 0.6) is 0 Å². The molecule has 0 amide bonds. The third-order valence-electron chi connectivity index (χ3n) is 2.90. The molecule has 0 saturated heterocycles. The molecule has 1 unspecified atom stereocenters. The zero-order chi connectivity index (χ0) is 14.0. The van der Waals surface area contributed by atoms with Crippen LogP contribution >= 0.6 is 0 Å². The lowest BCUT2D eigenvalue weighted by molar-refractivity contribution is 0.0416. The van der Waals surface area contributed by atoms with E-state index < -0.39 is 8.80 Å². The number of hydrogen-bond acceptors (Lipinski definition) is 4. The first-order valence-corrected chi connectivity index (χ1v) is 8.96. The lowest BCUT2D eigenvalue weighted by Gasteiger charge is -2.38. The van der Waals surface area contributed by atoms with Gasteiger partial charge in [0.2, 0.25) is 0 Å². The molecule has 4 nitrogen and oxygen atoms in total. The number of nitrogens with zero attached hydrogens (tertiary/aromatic N) is 1.